The largest absolute Gasteiger partial charge is 0.368 e. The average molecular weight is 269 g/mol. The Balaban J connectivity index is 1.66. The molecular formula is C14H27N3O2. The van der Waals surface area contributed by atoms with Crippen molar-refractivity contribution in [2.45, 2.75) is 38.8 Å². The molecule has 2 heterocycles. The molecule has 0 aromatic carbocycles. The minimum Gasteiger partial charge on any atom is -0.368 e. The quantitative estimate of drug-likeness (QED) is 0.798. The molecule has 0 radical (unpaired) electrons. The van der Waals surface area contributed by atoms with Crippen LogP contribution in [0.15, 0.2) is 0 Å². The molecule has 0 aliphatic carbocycles. The molecule has 0 unspecified atom stereocenters. The summed E-state index contributed by atoms with van der Waals surface area (Å²) in [6.45, 7) is 10.3. The van der Waals surface area contributed by atoms with Crippen LogP contribution >= 0.6 is 0 Å². The third-order valence-corrected chi connectivity index (χ3v) is 4.13. The maximum Gasteiger partial charge on any atom is 0.248 e. The van der Waals surface area contributed by atoms with E-state index in [1.165, 1.54) is 0 Å². The lowest BCUT2D eigenvalue weighted by Crippen LogP contribution is -2.51. The van der Waals surface area contributed by atoms with Crippen molar-refractivity contribution in [2.24, 2.45) is 0 Å². The summed E-state index contributed by atoms with van der Waals surface area (Å²) in [4.78, 5) is 16.4. The van der Waals surface area contributed by atoms with E-state index < -0.39 is 0 Å². The first-order valence-corrected chi connectivity index (χ1v) is 7.51. The standard InChI is InChI=1S/C14H27N3O2/c1-12(2)16-7-9-17(10-8-16)14(18)11-19-13-3-5-15-6-4-13/h12-13,15H,3-11H2,1-2H3. The van der Waals surface area contributed by atoms with Crippen molar-refractivity contribution in [3.63, 3.8) is 0 Å². The molecule has 2 saturated heterocycles. The van der Waals surface area contributed by atoms with Gasteiger partial charge < -0.3 is 15.0 Å². The average Bonchev–Trinajstić information content (AvgIpc) is 2.46. The van der Waals surface area contributed by atoms with Crippen molar-refractivity contribution in [2.75, 3.05) is 45.9 Å². The molecule has 1 N–H and O–H groups in total. The Labute approximate surface area is 116 Å². The van der Waals surface area contributed by atoms with Gasteiger partial charge in [-0.05, 0) is 39.8 Å². The Bertz CT molecular complexity index is 282. The highest BCUT2D eigenvalue weighted by atomic mass is 16.5. The van der Waals surface area contributed by atoms with Crippen LogP contribution in [0.3, 0.4) is 0 Å². The second kappa shape index (κ2) is 7.22. The minimum atomic E-state index is 0.155. The first-order valence-electron chi connectivity index (χ1n) is 7.51. The summed E-state index contributed by atoms with van der Waals surface area (Å²) in [5.41, 5.74) is 0. The van der Waals surface area contributed by atoms with Gasteiger partial charge in [-0.1, -0.05) is 0 Å². The first kappa shape index (κ1) is 14.8. The Kier molecular flexibility index (Phi) is 5.60. The van der Waals surface area contributed by atoms with E-state index in [0.29, 0.717) is 6.04 Å². The van der Waals surface area contributed by atoms with Gasteiger partial charge in [-0.2, -0.15) is 0 Å². The lowest BCUT2D eigenvalue weighted by Gasteiger charge is -2.37. The molecule has 1 amide bonds. The molecule has 2 aliphatic rings. The number of amides is 1. The molecule has 110 valence electrons. The zero-order valence-corrected chi connectivity index (χ0v) is 12.2. The highest BCUT2D eigenvalue weighted by molar-refractivity contribution is 5.77. The summed E-state index contributed by atoms with van der Waals surface area (Å²) < 4.78 is 5.73. The first-order chi connectivity index (χ1) is 9.16. The van der Waals surface area contributed by atoms with Gasteiger partial charge in [0, 0.05) is 32.2 Å². The fourth-order valence-corrected chi connectivity index (χ4v) is 2.73. The van der Waals surface area contributed by atoms with Crippen LogP contribution in [-0.2, 0) is 9.53 Å². The molecule has 19 heavy (non-hydrogen) atoms. The number of nitrogens with one attached hydrogen (secondary N) is 1. The number of piperazine rings is 1. The molecule has 0 spiro atoms. The monoisotopic (exact) mass is 269 g/mol. The van der Waals surface area contributed by atoms with Crippen LogP contribution in [0.4, 0.5) is 0 Å². The van der Waals surface area contributed by atoms with Crippen molar-refractivity contribution >= 4 is 5.91 Å². The number of ether oxygens (including phenoxy) is 1. The molecule has 2 fully saturated rings. The van der Waals surface area contributed by atoms with E-state index >= 15 is 0 Å². The van der Waals surface area contributed by atoms with Crippen molar-refractivity contribution in [1.29, 1.82) is 0 Å². The van der Waals surface area contributed by atoms with Crippen LogP contribution in [0.1, 0.15) is 26.7 Å². The normalized spacial score (nSPS) is 23.0. The molecule has 0 aromatic heterocycles. The van der Waals surface area contributed by atoms with E-state index in [1.807, 2.05) is 4.90 Å². The third-order valence-electron chi connectivity index (χ3n) is 4.13. The van der Waals surface area contributed by atoms with Gasteiger partial charge in [0.05, 0.1) is 6.10 Å². The molecule has 0 atom stereocenters. The third kappa shape index (κ3) is 4.44. The molecule has 0 bridgehead atoms. The lowest BCUT2D eigenvalue weighted by atomic mass is 10.1. The molecule has 2 rings (SSSR count). The van der Waals surface area contributed by atoms with Crippen LogP contribution < -0.4 is 5.32 Å². The van der Waals surface area contributed by atoms with Crippen molar-refractivity contribution in [3.05, 3.63) is 0 Å². The smallest absolute Gasteiger partial charge is 0.248 e. The van der Waals surface area contributed by atoms with Gasteiger partial charge in [-0.15, -0.1) is 0 Å². The van der Waals surface area contributed by atoms with Gasteiger partial charge in [-0.25, -0.2) is 0 Å². The highest BCUT2D eigenvalue weighted by Crippen LogP contribution is 2.09. The Morgan fingerprint density at radius 2 is 1.84 bits per heavy atom. The SMILES string of the molecule is CC(C)N1CCN(C(=O)COC2CCNCC2)CC1. The summed E-state index contributed by atoms with van der Waals surface area (Å²) in [5.74, 6) is 0.155. The predicted octanol–water partition coefficient (Wildman–Crippen LogP) is 0.308. The summed E-state index contributed by atoms with van der Waals surface area (Å²) >= 11 is 0. The van der Waals surface area contributed by atoms with Gasteiger partial charge in [0.1, 0.15) is 6.61 Å². The predicted molar refractivity (Wildman–Crippen MR) is 75.1 cm³/mol. The lowest BCUT2D eigenvalue weighted by molar-refractivity contribution is -0.140. The molecule has 5 nitrogen and oxygen atoms in total. The second-order valence-electron chi connectivity index (χ2n) is 5.77. The fourth-order valence-electron chi connectivity index (χ4n) is 2.73. The van der Waals surface area contributed by atoms with Crippen LogP contribution in [0.5, 0.6) is 0 Å². The van der Waals surface area contributed by atoms with Crippen molar-refractivity contribution in [3.8, 4) is 0 Å². The molecule has 0 aromatic rings. The number of hydrogen-bond acceptors (Lipinski definition) is 4. The molecule has 2 aliphatic heterocycles. The van der Waals surface area contributed by atoms with Gasteiger partial charge in [-0.3, -0.25) is 9.69 Å². The van der Waals surface area contributed by atoms with E-state index in [9.17, 15) is 4.79 Å². The van der Waals surface area contributed by atoms with Crippen molar-refractivity contribution < 1.29 is 9.53 Å². The topological polar surface area (TPSA) is 44.8 Å². The van der Waals surface area contributed by atoms with E-state index in [0.717, 1.165) is 52.1 Å². The number of hydrogen-bond donors (Lipinski definition) is 1. The summed E-state index contributed by atoms with van der Waals surface area (Å²) in [6, 6.07) is 0.572. The van der Waals surface area contributed by atoms with E-state index in [4.69, 9.17) is 4.74 Å². The van der Waals surface area contributed by atoms with Crippen LogP contribution in [0, 0.1) is 0 Å². The number of rotatable bonds is 4. The Morgan fingerprint density at radius 1 is 1.21 bits per heavy atom. The van der Waals surface area contributed by atoms with Gasteiger partial charge >= 0.3 is 0 Å². The molecule has 5 heteroatoms. The Hall–Kier alpha value is -0.650. The summed E-state index contributed by atoms with van der Waals surface area (Å²) in [5, 5.41) is 3.30. The maximum absolute atomic E-state index is 12.1. The Morgan fingerprint density at radius 3 is 2.42 bits per heavy atom. The van der Waals surface area contributed by atoms with E-state index in [-0.39, 0.29) is 18.6 Å². The molecular weight excluding hydrogens is 242 g/mol. The minimum absolute atomic E-state index is 0.155. The number of carbonyl (C=O) groups is 1. The summed E-state index contributed by atoms with van der Waals surface area (Å²) in [7, 11) is 0. The zero-order valence-electron chi connectivity index (χ0n) is 12.2. The van der Waals surface area contributed by atoms with Gasteiger partial charge in [0.2, 0.25) is 5.91 Å². The molecule has 0 saturated carbocycles. The van der Waals surface area contributed by atoms with Crippen LogP contribution in [0.2, 0.25) is 0 Å². The van der Waals surface area contributed by atoms with Crippen molar-refractivity contribution in [1.82, 2.24) is 15.1 Å². The van der Waals surface area contributed by atoms with Crippen LogP contribution in [0.25, 0.3) is 0 Å². The maximum atomic E-state index is 12.1. The van der Waals surface area contributed by atoms with Crippen LogP contribution in [-0.4, -0.2) is 73.7 Å². The number of piperidine rings is 1. The number of carbonyl (C=O) groups excluding carboxylic acids is 1. The van der Waals surface area contributed by atoms with Gasteiger partial charge in [0.15, 0.2) is 0 Å². The van der Waals surface area contributed by atoms with E-state index in [1.54, 1.807) is 0 Å². The number of nitrogens with zero attached hydrogens (tertiary/aromatic N) is 2. The highest BCUT2D eigenvalue weighted by Gasteiger charge is 2.23. The second-order valence-corrected chi connectivity index (χ2v) is 5.77. The van der Waals surface area contributed by atoms with E-state index in [2.05, 4.69) is 24.1 Å². The fraction of sp³-hybridized carbons (Fsp3) is 0.929. The summed E-state index contributed by atoms with van der Waals surface area (Å²) in [6.07, 6.45) is 2.31. The zero-order chi connectivity index (χ0) is 13.7. The van der Waals surface area contributed by atoms with Gasteiger partial charge in [0.25, 0.3) is 0 Å².